The van der Waals surface area contributed by atoms with Crippen LogP contribution in [-0.4, -0.2) is 82.7 Å². The molecule has 3 heterocycles. The Morgan fingerprint density at radius 1 is 1.03 bits per heavy atom. The average Bonchev–Trinajstić information content (AvgIpc) is 2.80. The van der Waals surface area contributed by atoms with Crippen molar-refractivity contribution in [3.63, 3.8) is 0 Å². The molecule has 0 atom stereocenters. The molecule has 0 saturated carbocycles. The molecule has 192 valence electrons. The van der Waals surface area contributed by atoms with E-state index < -0.39 is 5.60 Å². The first kappa shape index (κ1) is 27.7. The van der Waals surface area contributed by atoms with Crippen molar-refractivity contribution in [3.8, 4) is 5.88 Å². The molecule has 0 bridgehead atoms. The van der Waals surface area contributed by atoms with Crippen LogP contribution in [0.5, 0.6) is 5.88 Å². The zero-order valence-corrected chi connectivity index (χ0v) is 21.1. The summed E-state index contributed by atoms with van der Waals surface area (Å²) in [4.78, 5) is 30.9. The lowest BCUT2D eigenvalue weighted by Crippen LogP contribution is -2.42. The van der Waals surface area contributed by atoms with Crippen LogP contribution in [-0.2, 0) is 9.47 Å². The minimum absolute atomic E-state index is 0.129. The van der Waals surface area contributed by atoms with Crippen molar-refractivity contribution in [2.24, 2.45) is 0 Å². The van der Waals surface area contributed by atoms with Gasteiger partial charge in [-0.15, -0.1) is 0 Å². The minimum atomic E-state index is -0.437. The van der Waals surface area contributed by atoms with Gasteiger partial charge in [-0.05, 0) is 46.1 Å². The molecule has 3 rings (SSSR count). The summed E-state index contributed by atoms with van der Waals surface area (Å²) in [7, 11) is 0. The van der Waals surface area contributed by atoms with E-state index in [4.69, 9.17) is 14.2 Å². The standard InChI is InChI=1S/C15H22N2O3.C10H19NO3/c1-2-3-12-19-15(18)17-10-7-13(8-11-17)20-14-6-4-5-9-16-14;1-10(2,3)14-9(13)11-6-4-8(12)5-7-11/h4-6,9,13H,2-3,7-8,10-12H2,1H3;8,12H,4-7H2,1-3H3. The number of ether oxygens (including phenoxy) is 3. The lowest BCUT2D eigenvalue weighted by Gasteiger charge is -2.31. The van der Waals surface area contributed by atoms with Crippen molar-refractivity contribution >= 4 is 12.2 Å². The van der Waals surface area contributed by atoms with Gasteiger partial charge in [0.25, 0.3) is 0 Å². The molecule has 0 aromatic carbocycles. The summed E-state index contributed by atoms with van der Waals surface area (Å²) in [6, 6.07) is 5.62. The van der Waals surface area contributed by atoms with Gasteiger partial charge in [0.15, 0.2) is 0 Å². The summed E-state index contributed by atoms with van der Waals surface area (Å²) >= 11 is 0. The van der Waals surface area contributed by atoms with Crippen molar-refractivity contribution in [1.29, 1.82) is 0 Å². The number of hydrogen-bond acceptors (Lipinski definition) is 7. The van der Waals surface area contributed by atoms with Gasteiger partial charge >= 0.3 is 12.2 Å². The maximum atomic E-state index is 11.8. The van der Waals surface area contributed by atoms with Crippen molar-refractivity contribution in [2.75, 3.05) is 32.8 Å². The molecular formula is C25H41N3O6. The number of unbranched alkanes of at least 4 members (excludes halogenated alkanes) is 1. The van der Waals surface area contributed by atoms with Crippen LogP contribution in [0, 0.1) is 0 Å². The molecule has 34 heavy (non-hydrogen) atoms. The van der Waals surface area contributed by atoms with Gasteiger partial charge < -0.3 is 29.1 Å². The number of piperidine rings is 2. The molecule has 1 N–H and O–H groups in total. The number of likely N-dealkylation sites (tertiary alicyclic amines) is 2. The molecule has 0 radical (unpaired) electrons. The molecule has 2 aliphatic rings. The van der Waals surface area contributed by atoms with Gasteiger partial charge in [-0.3, -0.25) is 0 Å². The van der Waals surface area contributed by atoms with Crippen LogP contribution in [0.4, 0.5) is 9.59 Å². The van der Waals surface area contributed by atoms with Crippen LogP contribution in [0.25, 0.3) is 0 Å². The molecule has 9 heteroatoms. The summed E-state index contributed by atoms with van der Waals surface area (Å²) in [5.41, 5.74) is -0.437. The second kappa shape index (κ2) is 14.0. The van der Waals surface area contributed by atoms with Gasteiger partial charge in [0, 0.05) is 51.3 Å². The molecular weight excluding hydrogens is 438 g/mol. The second-order valence-electron chi connectivity index (χ2n) is 9.64. The predicted molar refractivity (Wildman–Crippen MR) is 129 cm³/mol. The summed E-state index contributed by atoms with van der Waals surface area (Å²) in [5, 5.41) is 9.26. The number of carbonyl (C=O) groups is 2. The van der Waals surface area contributed by atoms with E-state index in [1.165, 1.54) is 0 Å². The molecule has 2 amide bonds. The first-order valence-corrected chi connectivity index (χ1v) is 12.3. The van der Waals surface area contributed by atoms with Gasteiger partial charge in [0.2, 0.25) is 5.88 Å². The van der Waals surface area contributed by atoms with Crippen molar-refractivity contribution < 1.29 is 28.9 Å². The highest BCUT2D eigenvalue weighted by Gasteiger charge is 2.26. The number of aliphatic hydroxyl groups is 1. The Morgan fingerprint density at radius 2 is 1.65 bits per heavy atom. The number of amides is 2. The number of pyridine rings is 1. The first-order chi connectivity index (χ1) is 16.2. The fourth-order valence-electron chi connectivity index (χ4n) is 3.51. The minimum Gasteiger partial charge on any atom is -0.474 e. The molecule has 0 aliphatic carbocycles. The molecule has 0 spiro atoms. The second-order valence-corrected chi connectivity index (χ2v) is 9.64. The van der Waals surface area contributed by atoms with Crippen LogP contribution >= 0.6 is 0 Å². The molecule has 2 fully saturated rings. The number of aliphatic hydroxyl groups excluding tert-OH is 1. The molecule has 2 saturated heterocycles. The van der Waals surface area contributed by atoms with Gasteiger partial charge in [-0.25, -0.2) is 14.6 Å². The highest BCUT2D eigenvalue weighted by molar-refractivity contribution is 5.68. The third-order valence-corrected chi connectivity index (χ3v) is 5.46. The highest BCUT2D eigenvalue weighted by atomic mass is 16.6. The zero-order chi connectivity index (χ0) is 25.0. The third kappa shape index (κ3) is 10.6. The fraction of sp³-hybridized carbons (Fsp3) is 0.720. The van der Waals surface area contributed by atoms with Gasteiger partial charge in [-0.1, -0.05) is 19.4 Å². The Morgan fingerprint density at radius 3 is 2.21 bits per heavy atom. The van der Waals surface area contributed by atoms with Crippen LogP contribution in [0.15, 0.2) is 24.4 Å². The van der Waals surface area contributed by atoms with Crippen LogP contribution in [0.3, 0.4) is 0 Å². The lowest BCUT2D eigenvalue weighted by molar-refractivity contribution is 0.0100. The van der Waals surface area contributed by atoms with E-state index in [-0.39, 0.29) is 24.4 Å². The number of rotatable bonds is 5. The van der Waals surface area contributed by atoms with E-state index in [9.17, 15) is 14.7 Å². The third-order valence-electron chi connectivity index (χ3n) is 5.46. The number of nitrogens with zero attached hydrogens (tertiary/aromatic N) is 3. The van der Waals surface area contributed by atoms with E-state index in [2.05, 4.69) is 11.9 Å². The predicted octanol–water partition coefficient (Wildman–Crippen LogP) is 4.24. The molecule has 1 aromatic heterocycles. The quantitative estimate of drug-likeness (QED) is 0.630. The number of aromatic nitrogens is 1. The Bertz CT molecular complexity index is 724. The summed E-state index contributed by atoms with van der Waals surface area (Å²) in [6.07, 6.45) is 6.02. The molecule has 1 aromatic rings. The van der Waals surface area contributed by atoms with E-state index in [1.54, 1.807) is 16.0 Å². The SMILES string of the molecule is CC(C)(C)OC(=O)N1CCC(O)CC1.CCCCOC(=O)N1CCC(Oc2ccccn2)CC1. The topological polar surface area (TPSA) is 101 Å². The van der Waals surface area contributed by atoms with Gasteiger partial charge in [-0.2, -0.15) is 0 Å². The lowest BCUT2D eigenvalue weighted by atomic mass is 10.1. The van der Waals surface area contributed by atoms with E-state index in [0.717, 1.165) is 25.7 Å². The van der Waals surface area contributed by atoms with Gasteiger partial charge in [0.1, 0.15) is 11.7 Å². The van der Waals surface area contributed by atoms with Crippen LogP contribution in [0.1, 0.15) is 66.2 Å². The van der Waals surface area contributed by atoms with Crippen molar-refractivity contribution in [2.45, 2.75) is 84.0 Å². The summed E-state index contributed by atoms with van der Waals surface area (Å²) < 4.78 is 16.2. The normalized spacial score (nSPS) is 17.4. The molecule has 2 aliphatic heterocycles. The molecule has 9 nitrogen and oxygen atoms in total. The Hall–Kier alpha value is -2.55. The Labute approximate surface area is 203 Å². The first-order valence-electron chi connectivity index (χ1n) is 12.3. The monoisotopic (exact) mass is 479 g/mol. The van der Waals surface area contributed by atoms with Crippen LogP contribution in [0.2, 0.25) is 0 Å². The van der Waals surface area contributed by atoms with E-state index in [0.29, 0.717) is 51.5 Å². The van der Waals surface area contributed by atoms with Crippen LogP contribution < -0.4 is 4.74 Å². The number of hydrogen-bond donors (Lipinski definition) is 1. The van der Waals surface area contributed by atoms with Crippen molar-refractivity contribution in [1.82, 2.24) is 14.8 Å². The maximum absolute atomic E-state index is 11.8. The number of carbonyl (C=O) groups excluding carboxylic acids is 2. The highest BCUT2D eigenvalue weighted by Crippen LogP contribution is 2.18. The maximum Gasteiger partial charge on any atom is 0.410 e. The Kier molecular flexibility index (Phi) is 11.4. The largest absolute Gasteiger partial charge is 0.474 e. The van der Waals surface area contributed by atoms with E-state index in [1.807, 2.05) is 39.0 Å². The smallest absolute Gasteiger partial charge is 0.410 e. The van der Waals surface area contributed by atoms with Gasteiger partial charge in [0.05, 0.1) is 12.7 Å². The summed E-state index contributed by atoms with van der Waals surface area (Å²) in [6.45, 7) is 10.7. The Balaban J connectivity index is 0.000000257. The zero-order valence-electron chi connectivity index (χ0n) is 21.1. The summed E-state index contributed by atoms with van der Waals surface area (Å²) in [5.74, 6) is 0.650. The molecule has 0 unspecified atom stereocenters. The van der Waals surface area contributed by atoms with E-state index >= 15 is 0 Å². The van der Waals surface area contributed by atoms with Crippen molar-refractivity contribution in [3.05, 3.63) is 24.4 Å². The average molecular weight is 480 g/mol. The fourth-order valence-corrected chi connectivity index (χ4v) is 3.51.